The first-order chi connectivity index (χ1) is 8.56. The topological polar surface area (TPSA) is 9.23 Å². The Morgan fingerprint density at radius 2 is 1.67 bits per heavy atom. The third kappa shape index (κ3) is 2.89. The normalized spacial score (nSPS) is 10.2. The molecule has 0 aromatic heterocycles. The number of hydrogen-bond donors (Lipinski definition) is 0. The van der Waals surface area contributed by atoms with E-state index in [-0.39, 0.29) is 18.3 Å². The molecule has 0 unspecified atom stereocenters. The lowest BCUT2D eigenvalue weighted by atomic mass is 9.49. The molecule has 1 nitrogen and oxygen atoms in total. The number of ether oxygens (including phenoxy) is 1. The zero-order valence-electron chi connectivity index (χ0n) is 10.3. The second-order valence-corrected chi connectivity index (χ2v) is 4.40. The van der Waals surface area contributed by atoms with Gasteiger partial charge in [0.15, 0.2) is 6.71 Å². The molecule has 0 atom stereocenters. The van der Waals surface area contributed by atoms with Crippen LogP contribution in [0.3, 0.4) is 0 Å². The third-order valence-electron chi connectivity index (χ3n) is 2.63. The van der Waals surface area contributed by atoms with Gasteiger partial charge >= 0.3 is 0 Å². The van der Waals surface area contributed by atoms with Crippen LogP contribution in [0.5, 0.6) is 11.5 Å². The lowest BCUT2D eigenvalue weighted by Crippen LogP contribution is -2.25. The maximum absolute atomic E-state index is 13.7. The van der Waals surface area contributed by atoms with Crippen LogP contribution in [0, 0.1) is 11.6 Å². The van der Waals surface area contributed by atoms with Gasteiger partial charge in [0.25, 0.3) is 0 Å². The lowest BCUT2D eigenvalue weighted by molar-refractivity contribution is 0.472. The van der Waals surface area contributed by atoms with E-state index in [2.05, 4.69) is 0 Å². The van der Waals surface area contributed by atoms with E-state index >= 15 is 0 Å². The van der Waals surface area contributed by atoms with Crippen molar-refractivity contribution in [2.75, 3.05) is 0 Å². The van der Waals surface area contributed by atoms with E-state index < -0.39 is 0 Å². The van der Waals surface area contributed by atoms with E-state index in [4.69, 9.17) is 4.74 Å². The first-order valence-corrected chi connectivity index (χ1v) is 5.79. The van der Waals surface area contributed by atoms with Crippen LogP contribution in [-0.2, 0) is 0 Å². The zero-order chi connectivity index (χ0) is 13.1. The lowest BCUT2D eigenvalue weighted by Gasteiger charge is -2.09. The van der Waals surface area contributed by atoms with Gasteiger partial charge in [-0.1, -0.05) is 25.8 Å². The molecule has 2 rings (SSSR count). The molecule has 2 aromatic rings. The van der Waals surface area contributed by atoms with Gasteiger partial charge in [-0.05, 0) is 23.7 Å². The molecule has 0 aliphatic carbocycles. The molecular weight excluding hydrogens is 233 g/mol. The second kappa shape index (κ2) is 5.21. The van der Waals surface area contributed by atoms with E-state index in [1.54, 1.807) is 24.3 Å². The molecule has 0 saturated carbocycles. The Kier molecular flexibility index (Phi) is 3.65. The van der Waals surface area contributed by atoms with Gasteiger partial charge in [-0.2, -0.15) is 0 Å². The molecule has 0 heterocycles. The van der Waals surface area contributed by atoms with Crippen molar-refractivity contribution in [3.63, 3.8) is 0 Å². The summed E-state index contributed by atoms with van der Waals surface area (Å²) < 4.78 is 32.1. The Morgan fingerprint density at radius 1 is 0.944 bits per heavy atom. The van der Waals surface area contributed by atoms with Crippen LogP contribution >= 0.6 is 0 Å². The minimum Gasteiger partial charge on any atom is -0.457 e. The summed E-state index contributed by atoms with van der Waals surface area (Å²) in [6.07, 6.45) is 0. The van der Waals surface area contributed by atoms with Gasteiger partial charge < -0.3 is 4.74 Å². The summed E-state index contributed by atoms with van der Waals surface area (Å²) in [4.78, 5) is 0. The zero-order valence-corrected chi connectivity index (χ0v) is 10.3. The summed E-state index contributed by atoms with van der Waals surface area (Å²) in [5, 5.41) is 0. The summed E-state index contributed by atoms with van der Waals surface area (Å²) in [6.45, 7) is 3.96. The van der Waals surface area contributed by atoms with Gasteiger partial charge in [0.1, 0.15) is 23.1 Å². The van der Waals surface area contributed by atoms with Crippen molar-refractivity contribution in [3.8, 4) is 11.5 Å². The highest BCUT2D eigenvalue weighted by atomic mass is 19.1. The fourth-order valence-electron chi connectivity index (χ4n) is 1.71. The molecule has 0 N–H and O–H groups in total. The van der Waals surface area contributed by atoms with Crippen molar-refractivity contribution < 1.29 is 13.5 Å². The Bertz CT molecular complexity index is 555. The van der Waals surface area contributed by atoms with Crippen molar-refractivity contribution in [2.24, 2.45) is 0 Å². The first kappa shape index (κ1) is 12.6. The largest absolute Gasteiger partial charge is 0.457 e. The minimum atomic E-state index is -0.383. The van der Waals surface area contributed by atoms with E-state index in [9.17, 15) is 8.78 Å². The fraction of sp³-hybridized carbons (Fsp3) is 0.143. The molecule has 0 amide bonds. The highest BCUT2D eigenvalue weighted by molar-refractivity contribution is 6.70. The van der Waals surface area contributed by atoms with Crippen LogP contribution in [0.15, 0.2) is 42.5 Å². The Morgan fingerprint density at radius 3 is 2.28 bits per heavy atom. The van der Waals surface area contributed by atoms with E-state index in [1.165, 1.54) is 18.2 Å². The predicted molar refractivity (Wildman–Crippen MR) is 70.0 cm³/mol. The number of rotatable bonds is 3. The van der Waals surface area contributed by atoms with E-state index in [0.717, 1.165) is 0 Å². The van der Waals surface area contributed by atoms with Gasteiger partial charge in [-0.15, -0.1) is 0 Å². The maximum Gasteiger partial charge on any atom is 0.173 e. The molecule has 0 fully saturated rings. The summed E-state index contributed by atoms with van der Waals surface area (Å²) in [6, 6.07) is 10.4. The van der Waals surface area contributed by atoms with Crippen molar-refractivity contribution >= 4 is 12.2 Å². The molecule has 4 heteroatoms. The minimum absolute atomic E-state index is 0.119. The Hall–Kier alpha value is -1.84. The van der Waals surface area contributed by atoms with Crippen molar-refractivity contribution in [2.45, 2.75) is 13.6 Å². The Labute approximate surface area is 105 Å². The quantitative estimate of drug-likeness (QED) is 0.750. The van der Waals surface area contributed by atoms with Crippen molar-refractivity contribution in [1.29, 1.82) is 0 Å². The summed E-state index contributed by atoms with van der Waals surface area (Å²) in [5.41, 5.74) is 0.640. The van der Waals surface area contributed by atoms with Gasteiger partial charge in [0, 0.05) is 12.1 Å². The standard InChI is InChI=1S/C14H13BF2O/c1-15(2)13-7-6-12(9-14(13)17)18-11-5-3-4-10(16)8-11/h3-9H,1-2H3. The number of benzene rings is 2. The predicted octanol–water partition coefficient (Wildman–Crippen LogP) is 3.72. The average molecular weight is 246 g/mol. The van der Waals surface area contributed by atoms with Gasteiger partial charge in [-0.25, -0.2) is 8.78 Å². The molecule has 0 spiro atoms. The molecular formula is C14H13BF2O. The van der Waals surface area contributed by atoms with Crippen LogP contribution in [0.2, 0.25) is 13.6 Å². The first-order valence-electron chi connectivity index (χ1n) is 5.79. The fourth-order valence-corrected chi connectivity index (χ4v) is 1.71. The number of hydrogen-bond acceptors (Lipinski definition) is 1. The molecule has 0 aliphatic rings. The van der Waals surface area contributed by atoms with Crippen molar-refractivity contribution in [1.82, 2.24) is 0 Å². The molecule has 0 saturated heterocycles. The maximum atomic E-state index is 13.7. The smallest absolute Gasteiger partial charge is 0.173 e. The number of halogens is 2. The van der Waals surface area contributed by atoms with Crippen molar-refractivity contribution in [3.05, 3.63) is 54.1 Å². The molecule has 0 radical (unpaired) electrons. The van der Waals surface area contributed by atoms with Gasteiger partial charge in [0.2, 0.25) is 0 Å². The highest BCUT2D eigenvalue weighted by Gasteiger charge is 2.10. The second-order valence-electron chi connectivity index (χ2n) is 4.40. The van der Waals surface area contributed by atoms with Gasteiger partial charge in [0.05, 0.1) is 0 Å². The summed E-state index contributed by atoms with van der Waals surface area (Å²) in [5.74, 6) is 0.0277. The molecule has 2 aromatic carbocycles. The average Bonchev–Trinajstić information content (AvgIpc) is 2.28. The highest BCUT2D eigenvalue weighted by Crippen LogP contribution is 2.22. The van der Waals surface area contributed by atoms with Crippen LogP contribution in [-0.4, -0.2) is 6.71 Å². The molecule has 0 bridgehead atoms. The SMILES string of the molecule is CB(C)c1ccc(Oc2cccc(F)c2)cc1F. The van der Waals surface area contributed by atoms with E-state index in [0.29, 0.717) is 17.0 Å². The summed E-state index contributed by atoms with van der Waals surface area (Å²) in [7, 11) is 0. The molecule has 0 aliphatic heterocycles. The van der Waals surface area contributed by atoms with Gasteiger partial charge in [-0.3, -0.25) is 0 Å². The molecule has 92 valence electrons. The van der Waals surface area contributed by atoms with Crippen LogP contribution in [0.25, 0.3) is 0 Å². The summed E-state index contributed by atoms with van der Waals surface area (Å²) >= 11 is 0. The monoisotopic (exact) mass is 246 g/mol. The van der Waals surface area contributed by atoms with E-state index in [1.807, 2.05) is 13.6 Å². The van der Waals surface area contributed by atoms with Crippen LogP contribution in [0.4, 0.5) is 8.78 Å². The third-order valence-corrected chi connectivity index (χ3v) is 2.63. The Balaban J connectivity index is 2.23. The molecule has 18 heavy (non-hydrogen) atoms. The van der Waals surface area contributed by atoms with Crippen LogP contribution in [0.1, 0.15) is 0 Å². The van der Waals surface area contributed by atoms with Crippen LogP contribution < -0.4 is 10.2 Å².